The Morgan fingerprint density at radius 3 is 2.09 bits per heavy atom. The molecule has 0 atom stereocenters. The summed E-state index contributed by atoms with van der Waals surface area (Å²) >= 11 is 0. The number of amides is 1. The van der Waals surface area contributed by atoms with E-state index in [1.54, 1.807) is 10.9 Å². The van der Waals surface area contributed by atoms with Gasteiger partial charge in [0, 0.05) is 37.8 Å². The highest BCUT2D eigenvalue weighted by molar-refractivity contribution is 7.89. The van der Waals surface area contributed by atoms with E-state index in [4.69, 9.17) is 18.6 Å². The van der Waals surface area contributed by atoms with Crippen molar-refractivity contribution < 1.29 is 49.0 Å². The first-order chi connectivity index (χ1) is 22.1. The lowest BCUT2D eigenvalue weighted by Crippen LogP contribution is -2.24. The van der Waals surface area contributed by atoms with Crippen LogP contribution in [0.2, 0.25) is 0 Å². The van der Waals surface area contributed by atoms with Gasteiger partial charge in [-0.05, 0) is 17.2 Å². The minimum absolute atomic E-state index is 0.0427. The van der Waals surface area contributed by atoms with Gasteiger partial charge in [-0.1, -0.05) is 24.3 Å². The van der Waals surface area contributed by atoms with E-state index in [9.17, 15) is 35.2 Å². The minimum Gasteiger partial charge on any atom is -0.494 e. The maximum absolute atomic E-state index is 14.4. The summed E-state index contributed by atoms with van der Waals surface area (Å²) in [5, 5.41) is 7.12. The number of rotatable bonds is 13. The molecule has 15 nitrogen and oxygen atoms in total. The van der Waals surface area contributed by atoms with Crippen molar-refractivity contribution in [3.63, 3.8) is 0 Å². The quantitative estimate of drug-likeness (QED) is 0.170. The molecule has 0 fully saturated rings. The van der Waals surface area contributed by atoms with Crippen molar-refractivity contribution in [2.75, 3.05) is 25.7 Å². The fourth-order valence-corrected chi connectivity index (χ4v) is 5.64. The van der Waals surface area contributed by atoms with Crippen molar-refractivity contribution in [2.24, 2.45) is 0 Å². The number of ether oxygens (including phenoxy) is 2. The molecule has 0 saturated carbocycles. The van der Waals surface area contributed by atoms with E-state index in [0.717, 1.165) is 17.2 Å². The number of carbonyl (C=O) groups is 1. The number of aromatic nitrogens is 4. The summed E-state index contributed by atoms with van der Waals surface area (Å²) in [7, 11) is -5.74. The maximum atomic E-state index is 14.4. The fourth-order valence-electron chi connectivity index (χ4n) is 3.95. The van der Waals surface area contributed by atoms with Crippen LogP contribution in [0, 0.1) is 11.6 Å². The van der Waals surface area contributed by atoms with E-state index < -0.39 is 49.3 Å². The first kappa shape index (κ1) is 36.9. The predicted molar refractivity (Wildman–Crippen MR) is 163 cm³/mol. The molecule has 19 heteroatoms. The summed E-state index contributed by atoms with van der Waals surface area (Å²) in [5.74, 6) is -3.48. The van der Waals surface area contributed by atoms with E-state index in [-0.39, 0.29) is 36.7 Å². The third kappa shape index (κ3) is 12.0. The van der Waals surface area contributed by atoms with Gasteiger partial charge >= 0.3 is 0 Å². The summed E-state index contributed by atoms with van der Waals surface area (Å²) in [5.41, 5.74) is 2.22. The largest absolute Gasteiger partial charge is 0.494 e. The number of halogens is 2. The topological polar surface area (TPSA) is 209 Å². The molecule has 0 aliphatic heterocycles. The van der Waals surface area contributed by atoms with E-state index >= 15 is 0 Å². The number of benzene rings is 1. The Morgan fingerprint density at radius 1 is 0.894 bits per heavy atom. The Morgan fingerprint density at radius 2 is 1.51 bits per heavy atom. The number of methoxy groups -OCH3 is 2. The van der Waals surface area contributed by atoms with Crippen LogP contribution in [-0.2, 0) is 51.2 Å². The number of carbonyl (C=O) groups excluding carboxylic acids is 1. The van der Waals surface area contributed by atoms with Gasteiger partial charge in [0.05, 0.1) is 56.1 Å². The van der Waals surface area contributed by atoms with Crippen LogP contribution in [0.15, 0.2) is 65.8 Å². The van der Waals surface area contributed by atoms with E-state index in [2.05, 4.69) is 15.4 Å². The Hall–Kier alpha value is -4.56. The third-order valence-corrected chi connectivity index (χ3v) is 7.89. The van der Waals surface area contributed by atoms with Gasteiger partial charge in [0.25, 0.3) is 31.7 Å². The van der Waals surface area contributed by atoms with Crippen molar-refractivity contribution in [1.29, 1.82) is 0 Å². The molecule has 47 heavy (non-hydrogen) atoms. The molecule has 0 spiro atoms. The molecule has 0 bridgehead atoms. The van der Waals surface area contributed by atoms with Gasteiger partial charge in [-0.25, -0.2) is 8.78 Å². The van der Waals surface area contributed by atoms with E-state index in [1.807, 2.05) is 24.3 Å². The smallest absolute Gasteiger partial charge is 0.265 e. The van der Waals surface area contributed by atoms with Crippen LogP contribution in [0.3, 0.4) is 0 Å². The van der Waals surface area contributed by atoms with Crippen LogP contribution in [0.1, 0.15) is 32.9 Å². The SMILES string of the molecule is COCc1nn(Cc2ccc(Cn3cc(F)ccc3=O)cc2)cc1C(=O)NCc1nccc(OC)c1F.O=S(=O)(O)CCS(=O)(=O)O. The first-order valence-electron chi connectivity index (χ1n) is 13.4. The van der Waals surface area contributed by atoms with Crippen molar-refractivity contribution >= 4 is 26.1 Å². The predicted octanol–water partition coefficient (Wildman–Crippen LogP) is 1.66. The van der Waals surface area contributed by atoms with Gasteiger partial charge in [-0.2, -0.15) is 21.9 Å². The number of nitrogens with one attached hydrogen (secondary N) is 1. The van der Waals surface area contributed by atoms with Crippen LogP contribution in [0.5, 0.6) is 5.75 Å². The zero-order valence-corrected chi connectivity index (χ0v) is 26.7. The number of hydrogen-bond donors (Lipinski definition) is 3. The Labute approximate surface area is 268 Å². The summed E-state index contributed by atoms with van der Waals surface area (Å²) < 4.78 is 96.2. The number of hydrogen-bond acceptors (Lipinski definition) is 10. The number of nitrogens with zero attached hydrogens (tertiary/aromatic N) is 4. The highest BCUT2D eigenvalue weighted by Crippen LogP contribution is 2.18. The highest BCUT2D eigenvalue weighted by Gasteiger charge is 2.18. The summed E-state index contributed by atoms with van der Waals surface area (Å²) in [4.78, 5) is 28.7. The standard InChI is InChI=1S/C26H25F2N5O4.C2H6O6S2/c1-36-16-22-20(26(35)30-11-21-25(28)23(37-2)9-10-29-21)15-33(31-22)13-18-5-3-17(4-6-18)12-32-14-19(27)7-8-24(32)34;3-9(4,5)1-2-10(6,7)8/h3-10,14-15H,11-13,16H2,1-2H3,(H,30,35);1-2H2,(H,3,4,5)(H,6,7,8). The lowest BCUT2D eigenvalue weighted by molar-refractivity contribution is 0.0944. The zero-order valence-electron chi connectivity index (χ0n) is 25.0. The van der Waals surface area contributed by atoms with Crippen LogP contribution < -0.4 is 15.6 Å². The van der Waals surface area contributed by atoms with Crippen molar-refractivity contribution in [3.05, 3.63) is 111 Å². The average molecular weight is 700 g/mol. The fraction of sp³-hybridized carbons (Fsp3) is 0.286. The van der Waals surface area contributed by atoms with Crippen molar-refractivity contribution in [3.8, 4) is 5.75 Å². The molecule has 0 aliphatic rings. The molecule has 1 amide bonds. The summed E-state index contributed by atoms with van der Waals surface area (Å²) in [6.45, 7) is 0.595. The second kappa shape index (κ2) is 16.3. The van der Waals surface area contributed by atoms with Gasteiger partial charge in [-0.3, -0.25) is 28.4 Å². The summed E-state index contributed by atoms with van der Waals surface area (Å²) in [6, 6.07) is 11.1. The molecule has 0 unspecified atom stereocenters. The summed E-state index contributed by atoms with van der Waals surface area (Å²) in [6.07, 6.45) is 4.17. The number of pyridine rings is 2. The van der Waals surface area contributed by atoms with Crippen molar-refractivity contribution in [1.82, 2.24) is 24.6 Å². The molecule has 3 N–H and O–H groups in total. The van der Waals surface area contributed by atoms with Gasteiger partial charge in [0.2, 0.25) is 0 Å². The molecule has 0 aliphatic carbocycles. The Kier molecular flexibility index (Phi) is 12.8. The van der Waals surface area contributed by atoms with E-state index in [1.165, 1.54) is 43.3 Å². The van der Waals surface area contributed by atoms with Gasteiger partial charge in [0.15, 0.2) is 11.6 Å². The first-order valence-corrected chi connectivity index (χ1v) is 16.7. The average Bonchev–Trinajstić information content (AvgIpc) is 3.40. The van der Waals surface area contributed by atoms with Crippen LogP contribution in [0.25, 0.3) is 0 Å². The molecule has 254 valence electrons. The Balaban J connectivity index is 0.000000520. The lowest BCUT2D eigenvalue weighted by Gasteiger charge is -2.08. The zero-order chi connectivity index (χ0) is 34.8. The normalized spacial score (nSPS) is 11.4. The van der Waals surface area contributed by atoms with Gasteiger partial charge < -0.3 is 19.4 Å². The van der Waals surface area contributed by atoms with E-state index in [0.29, 0.717) is 17.8 Å². The molecule has 1 aromatic carbocycles. The molecule has 0 radical (unpaired) electrons. The molecule has 3 aromatic heterocycles. The van der Waals surface area contributed by atoms with Gasteiger partial charge in [0.1, 0.15) is 11.5 Å². The van der Waals surface area contributed by atoms with Crippen molar-refractivity contribution in [2.45, 2.75) is 26.2 Å². The van der Waals surface area contributed by atoms with Gasteiger partial charge in [-0.15, -0.1) is 0 Å². The minimum atomic E-state index is -4.30. The molecule has 0 saturated heterocycles. The second-order valence-electron chi connectivity index (χ2n) is 9.78. The molecule has 4 aromatic rings. The second-order valence-corrected chi connectivity index (χ2v) is 12.9. The third-order valence-electron chi connectivity index (χ3n) is 6.19. The highest BCUT2D eigenvalue weighted by atomic mass is 32.2. The lowest BCUT2D eigenvalue weighted by atomic mass is 10.1. The maximum Gasteiger partial charge on any atom is 0.265 e. The van der Waals surface area contributed by atoms with Crippen LogP contribution in [0.4, 0.5) is 8.78 Å². The molecular weight excluding hydrogens is 668 g/mol. The Bertz CT molecular complexity index is 1930. The van der Waals surface area contributed by atoms with Crippen LogP contribution >= 0.6 is 0 Å². The molecule has 4 rings (SSSR count). The monoisotopic (exact) mass is 699 g/mol. The molecule has 3 heterocycles. The molecular formula is C28H31F2N5O10S2. The van der Waals surface area contributed by atoms with Crippen LogP contribution in [-0.4, -0.2) is 76.9 Å².